The van der Waals surface area contributed by atoms with E-state index in [4.69, 9.17) is 0 Å². The third-order valence-electron chi connectivity index (χ3n) is 10.1. The molecule has 0 aromatic carbocycles. The lowest BCUT2D eigenvalue weighted by atomic mass is 9.91. The van der Waals surface area contributed by atoms with Gasteiger partial charge in [0.25, 0.3) is 0 Å². The van der Waals surface area contributed by atoms with Crippen LogP contribution in [0.4, 0.5) is 0 Å². The van der Waals surface area contributed by atoms with E-state index in [1.54, 1.807) is 0 Å². The maximum Gasteiger partial charge on any atom is 0.243 e. The number of unbranched alkanes of at least 4 members (excludes halogenated alkanes) is 13. The molecule has 304 valence electrons. The number of hydrogen-bond donors (Lipinski definition) is 4. The normalized spacial score (nSPS) is 12.9. The Morgan fingerprint density at radius 2 is 0.846 bits per heavy atom. The van der Waals surface area contributed by atoms with Crippen LogP contribution in [0.1, 0.15) is 214 Å². The van der Waals surface area contributed by atoms with Gasteiger partial charge in [-0.2, -0.15) is 0 Å². The van der Waals surface area contributed by atoms with Gasteiger partial charge >= 0.3 is 0 Å². The number of Topliss-reactive ketones (excluding diaryl/α,β-unsaturated/α-hetero) is 1. The SMILES string of the molecule is CCCCCCCCCC(=O)NCCCCC(NC(=O)C(CCCCNC(=O)CCCCC(CCC)CCCC)NC(=O)CCCCCC)C(C)=O. The first-order valence-corrected chi connectivity index (χ1v) is 21.8. The maximum atomic E-state index is 13.4. The van der Waals surface area contributed by atoms with Crippen LogP contribution in [-0.2, 0) is 24.0 Å². The van der Waals surface area contributed by atoms with Gasteiger partial charge in [0.2, 0.25) is 23.6 Å². The summed E-state index contributed by atoms with van der Waals surface area (Å²) in [6.45, 7) is 11.4. The van der Waals surface area contributed by atoms with Gasteiger partial charge in [0.1, 0.15) is 6.04 Å². The van der Waals surface area contributed by atoms with Crippen molar-refractivity contribution >= 4 is 29.4 Å². The van der Waals surface area contributed by atoms with Crippen LogP contribution in [0, 0.1) is 5.92 Å². The van der Waals surface area contributed by atoms with Crippen LogP contribution in [-0.4, -0.2) is 54.6 Å². The molecule has 3 unspecified atom stereocenters. The number of nitrogens with one attached hydrogen (secondary N) is 4. The maximum absolute atomic E-state index is 13.4. The Morgan fingerprint density at radius 3 is 1.38 bits per heavy atom. The molecule has 0 spiro atoms. The van der Waals surface area contributed by atoms with E-state index in [0.717, 1.165) is 63.7 Å². The second-order valence-corrected chi connectivity index (χ2v) is 15.2. The molecule has 0 aromatic rings. The molecule has 0 bridgehead atoms. The van der Waals surface area contributed by atoms with Crippen molar-refractivity contribution in [2.45, 2.75) is 226 Å². The molecule has 0 radical (unpaired) electrons. The molecule has 0 saturated carbocycles. The van der Waals surface area contributed by atoms with Crippen molar-refractivity contribution in [1.82, 2.24) is 21.3 Å². The fourth-order valence-electron chi connectivity index (χ4n) is 6.77. The molecule has 4 amide bonds. The molecular formula is C43H82N4O5. The van der Waals surface area contributed by atoms with Crippen molar-refractivity contribution in [3.8, 4) is 0 Å². The Bertz CT molecular complexity index is 927. The van der Waals surface area contributed by atoms with E-state index in [9.17, 15) is 24.0 Å². The minimum absolute atomic E-state index is 0.0754. The van der Waals surface area contributed by atoms with Crippen molar-refractivity contribution in [3.63, 3.8) is 0 Å². The zero-order valence-electron chi connectivity index (χ0n) is 34.5. The first-order chi connectivity index (χ1) is 25.2. The highest BCUT2D eigenvalue weighted by molar-refractivity contribution is 5.92. The highest BCUT2D eigenvalue weighted by Crippen LogP contribution is 2.21. The molecule has 0 saturated heterocycles. The molecule has 4 N–H and O–H groups in total. The number of rotatable bonds is 37. The average Bonchev–Trinajstić information content (AvgIpc) is 3.12. The monoisotopic (exact) mass is 735 g/mol. The van der Waals surface area contributed by atoms with Crippen molar-refractivity contribution in [1.29, 1.82) is 0 Å². The summed E-state index contributed by atoms with van der Waals surface area (Å²) in [7, 11) is 0. The summed E-state index contributed by atoms with van der Waals surface area (Å²) in [5, 5.41) is 11.8. The van der Waals surface area contributed by atoms with Crippen LogP contribution in [0.2, 0.25) is 0 Å². The number of hydrogen-bond acceptors (Lipinski definition) is 5. The second-order valence-electron chi connectivity index (χ2n) is 15.2. The molecule has 0 fully saturated rings. The van der Waals surface area contributed by atoms with Gasteiger partial charge in [0.15, 0.2) is 5.78 Å². The average molecular weight is 735 g/mol. The standard InChI is InChI=1S/C43H82N4O5/c1-6-10-13-15-16-17-19-31-40(49)44-34-24-22-29-38(36(5)48)47-43(52)39(46-42(51)33-18-14-11-7-2)30-23-25-35-45-41(50)32-21-20-28-37(26-9-4)27-12-8-3/h37-39H,6-35H2,1-5H3,(H,44,49)(H,45,50)(H,46,51)(H,47,52). The van der Waals surface area contributed by atoms with Gasteiger partial charge < -0.3 is 21.3 Å². The van der Waals surface area contributed by atoms with Crippen LogP contribution in [0.5, 0.6) is 0 Å². The predicted molar refractivity (Wildman–Crippen MR) is 216 cm³/mol. The van der Waals surface area contributed by atoms with E-state index < -0.39 is 12.1 Å². The molecule has 0 heterocycles. The topological polar surface area (TPSA) is 133 Å². The van der Waals surface area contributed by atoms with Gasteiger partial charge in [0, 0.05) is 32.4 Å². The summed E-state index contributed by atoms with van der Waals surface area (Å²) < 4.78 is 0. The quantitative estimate of drug-likeness (QED) is 0.0472. The number of ketones is 1. The van der Waals surface area contributed by atoms with Gasteiger partial charge in [-0.25, -0.2) is 0 Å². The summed E-state index contributed by atoms with van der Waals surface area (Å²) in [6.07, 6.45) is 26.9. The minimum Gasteiger partial charge on any atom is -0.356 e. The molecule has 9 nitrogen and oxygen atoms in total. The number of carbonyl (C=O) groups is 5. The zero-order chi connectivity index (χ0) is 38.7. The van der Waals surface area contributed by atoms with Crippen LogP contribution >= 0.6 is 0 Å². The molecule has 0 aliphatic carbocycles. The molecule has 52 heavy (non-hydrogen) atoms. The molecular weight excluding hydrogens is 652 g/mol. The predicted octanol–water partition coefficient (Wildman–Crippen LogP) is 9.40. The van der Waals surface area contributed by atoms with Gasteiger partial charge in [-0.1, -0.05) is 130 Å². The molecule has 0 rings (SSSR count). The van der Waals surface area contributed by atoms with Crippen LogP contribution in [0.3, 0.4) is 0 Å². The van der Waals surface area contributed by atoms with Crippen LogP contribution in [0.25, 0.3) is 0 Å². The Kier molecular flexibility index (Phi) is 33.9. The van der Waals surface area contributed by atoms with E-state index in [2.05, 4.69) is 49.0 Å². The molecule has 0 aliphatic rings. The largest absolute Gasteiger partial charge is 0.356 e. The van der Waals surface area contributed by atoms with Crippen molar-refractivity contribution in [2.75, 3.05) is 13.1 Å². The van der Waals surface area contributed by atoms with Crippen molar-refractivity contribution < 1.29 is 24.0 Å². The van der Waals surface area contributed by atoms with Gasteiger partial charge in [-0.05, 0) is 70.6 Å². The number of amides is 4. The van der Waals surface area contributed by atoms with E-state index in [0.29, 0.717) is 64.5 Å². The number of carbonyl (C=O) groups excluding carboxylic acids is 5. The Hall–Kier alpha value is -2.45. The lowest BCUT2D eigenvalue weighted by molar-refractivity contribution is -0.131. The van der Waals surface area contributed by atoms with Gasteiger partial charge in [-0.15, -0.1) is 0 Å². The molecule has 3 atom stereocenters. The fraction of sp³-hybridized carbons (Fsp3) is 0.884. The minimum atomic E-state index is -0.731. The smallest absolute Gasteiger partial charge is 0.243 e. The van der Waals surface area contributed by atoms with Crippen molar-refractivity contribution in [2.24, 2.45) is 5.92 Å². The Morgan fingerprint density at radius 1 is 0.404 bits per heavy atom. The molecule has 0 aliphatic heterocycles. The third-order valence-corrected chi connectivity index (χ3v) is 10.1. The summed E-state index contributed by atoms with van der Waals surface area (Å²) >= 11 is 0. The third kappa shape index (κ3) is 30.1. The van der Waals surface area contributed by atoms with E-state index in [1.807, 2.05) is 0 Å². The summed E-state index contributed by atoms with van der Waals surface area (Å²) in [5.74, 6) is 0.329. The van der Waals surface area contributed by atoms with Crippen LogP contribution < -0.4 is 21.3 Å². The van der Waals surface area contributed by atoms with E-state index in [1.165, 1.54) is 77.6 Å². The highest BCUT2D eigenvalue weighted by Gasteiger charge is 2.25. The molecule has 0 aromatic heterocycles. The Balaban J connectivity index is 4.70. The molecule has 9 heteroatoms. The lowest BCUT2D eigenvalue weighted by Gasteiger charge is -2.22. The first-order valence-electron chi connectivity index (χ1n) is 21.8. The zero-order valence-corrected chi connectivity index (χ0v) is 34.5. The summed E-state index contributed by atoms with van der Waals surface area (Å²) in [4.78, 5) is 63.3. The van der Waals surface area contributed by atoms with Gasteiger partial charge in [-0.3, -0.25) is 24.0 Å². The summed E-state index contributed by atoms with van der Waals surface area (Å²) in [6, 6.07) is -1.37. The Labute approximate surface area is 319 Å². The first kappa shape index (κ1) is 49.6. The highest BCUT2D eigenvalue weighted by atomic mass is 16.2. The van der Waals surface area contributed by atoms with E-state index >= 15 is 0 Å². The fourth-order valence-corrected chi connectivity index (χ4v) is 6.77. The van der Waals surface area contributed by atoms with Gasteiger partial charge in [0.05, 0.1) is 6.04 Å². The van der Waals surface area contributed by atoms with Crippen LogP contribution in [0.15, 0.2) is 0 Å². The van der Waals surface area contributed by atoms with E-state index in [-0.39, 0.29) is 29.4 Å². The lowest BCUT2D eigenvalue weighted by Crippen LogP contribution is -2.51. The van der Waals surface area contributed by atoms with Crippen molar-refractivity contribution in [3.05, 3.63) is 0 Å². The summed E-state index contributed by atoms with van der Waals surface area (Å²) in [5.41, 5.74) is 0. The second kappa shape index (κ2) is 35.6.